The molecule has 0 aliphatic heterocycles. The second kappa shape index (κ2) is 31.7. The maximum absolute atomic E-state index is 13.0. The summed E-state index contributed by atoms with van der Waals surface area (Å²) in [4.78, 5) is 65.6. The predicted octanol–water partition coefficient (Wildman–Crippen LogP) is 2.24. The second-order valence-corrected chi connectivity index (χ2v) is 20.2. The number of anilines is 1. The highest BCUT2D eigenvalue weighted by Crippen LogP contribution is 2.23. The maximum Gasteiger partial charge on any atom is 0.407 e. The standard InChI is InChI=1S/C30H31N7O7S2.C18H35N3O8/c1-45(41,42)24-8-3-20(4-9-24)21-5-10-25(11-6-21)46(43,44)36-26(29(39)40)19-34-28(38)22-7-12-27-23(17-22)18-35-37(27)16-2-13-31-30-32-14-15-33-30;1-19-7-3-9-27-11-13-29-14-12-28-10-4-8-20-16(22)6-5-15(17(23)24)21-18(25)26-2/h3-12,14-15,17-18,26,36H,2,13,16,19H2,1H3,(H,34,38)(H,39,40)(H2,31,32,33);15,19H,3-14H2,1-2H3,(H,20,22)(H,21,25)(H,23,24). The molecule has 27 heteroatoms. The van der Waals surface area contributed by atoms with Gasteiger partial charge >= 0.3 is 18.0 Å². The van der Waals surface area contributed by atoms with Gasteiger partial charge in [-0.3, -0.25) is 19.1 Å². The fourth-order valence-corrected chi connectivity index (χ4v) is 8.59. The van der Waals surface area contributed by atoms with Crippen molar-refractivity contribution < 1.29 is 70.0 Å². The Morgan fingerprint density at radius 2 is 1.36 bits per heavy atom. The molecule has 0 bridgehead atoms. The van der Waals surface area contributed by atoms with E-state index in [4.69, 9.17) is 19.3 Å². The Balaban J connectivity index is 0.000000364. The number of imidazole rings is 1. The summed E-state index contributed by atoms with van der Waals surface area (Å²) < 4.78 is 73.8. The van der Waals surface area contributed by atoms with Gasteiger partial charge in [0.1, 0.15) is 12.1 Å². The summed E-state index contributed by atoms with van der Waals surface area (Å²) in [6.07, 6.45) is 7.61. The van der Waals surface area contributed by atoms with E-state index in [0.717, 1.165) is 43.7 Å². The molecular weight excluding hydrogens is 1020 g/mol. The number of aromatic nitrogens is 4. The molecule has 5 rings (SSSR count). The summed E-state index contributed by atoms with van der Waals surface area (Å²) in [5, 5.41) is 37.3. The van der Waals surface area contributed by atoms with Crippen molar-refractivity contribution in [2.45, 2.75) is 60.5 Å². The maximum atomic E-state index is 13.0. The number of alkyl carbamates (subject to hydrolysis) is 1. The Hall–Kier alpha value is -7.01. The first-order valence-electron chi connectivity index (χ1n) is 23.8. The number of carboxylic acid groups (broad SMARTS) is 2. The molecule has 5 aromatic rings. The topological polar surface area (TPSA) is 350 Å². The smallest absolute Gasteiger partial charge is 0.407 e. The van der Waals surface area contributed by atoms with Crippen LogP contribution in [-0.2, 0) is 59.7 Å². The average molecular weight is 1090 g/mol. The molecule has 3 amide bonds. The Morgan fingerprint density at radius 3 is 1.93 bits per heavy atom. The highest BCUT2D eigenvalue weighted by Gasteiger charge is 2.27. The number of carbonyl (C=O) groups is 5. The van der Waals surface area contributed by atoms with Crippen LogP contribution in [0.2, 0.25) is 0 Å². The number of rotatable bonds is 33. The first-order valence-corrected chi connectivity index (χ1v) is 27.1. The predicted molar refractivity (Wildman–Crippen MR) is 275 cm³/mol. The van der Waals surface area contributed by atoms with Crippen molar-refractivity contribution in [1.29, 1.82) is 0 Å². The third-order valence-corrected chi connectivity index (χ3v) is 13.4. The average Bonchev–Trinajstić information content (AvgIpc) is 4.07. The molecule has 2 heterocycles. The first-order chi connectivity index (χ1) is 35.9. The number of amides is 3. The van der Waals surface area contributed by atoms with Gasteiger partial charge in [0.25, 0.3) is 5.91 Å². The summed E-state index contributed by atoms with van der Waals surface area (Å²) in [7, 11) is -4.59. The Bertz CT molecular complexity index is 2800. The molecule has 0 saturated carbocycles. The number of aromatic amines is 1. The van der Waals surface area contributed by atoms with E-state index in [1.807, 2.05) is 11.7 Å². The quantitative estimate of drug-likeness (QED) is 0.0272. The number of aliphatic carboxylic acids is 2. The number of methoxy groups -OCH3 is 1. The van der Waals surface area contributed by atoms with Crippen LogP contribution in [0.4, 0.5) is 10.7 Å². The van der Waals surface area contributed by atoms with Crippen molar-refractivity contribution in [1.82, 2.24) is 45.7 Å². The van der Waals surface area contributed by atoms with Crippen LogP contribution >= 0.6 is 0 Å². The number of hydrogen-bond acceptors (Lipinski definition) is 17. The van der Waals surface area contributed by atoms with Crippen molar-refractivity contribution >= 4 is 66.6 Å². The number of fused-ring (bicyclic) bond motifs is 1. The van der Waals surface area contributed by atoms with Crippen LogP contribution in [0.15, 0.2) is 95.1 Å². The van der Waals surface area contributed by atoms with Crippen LogP contribution in [0.1, 0.15) is 42.5 Å². The Kier molecular flexibility index (Phi) is 25.6. The molecule has 75 heavy (non-hydrogen) atoms. The fraction of sp³-hybridized carbons (Fsp3) is 0.438. The van der Waals surface area contributed by atoms with Crippen LogP contribution in [0.5, 0.6) is 0 Å². The molecule has 2 atom stereocenters. The van der Waals surface area contributed by atoms with Crippen molar-refractivity contribution in [2.75, 3.05) is 91.6 Å². The third-order valence-electron chi connectivity index (χ3n) is 10.8. The fourth-order valence-electron chi connectivity index (χ4n) is 6.77. The number of nitrogens with zero attached hydrogens (tertiary/aromatic N) is 3. The van der Waals surface area contributed by atoms with E-state index in [0.29, 0.717) is 82.8 Å². The van der Waals surface area contributed by atoms with E-state index in [9.17, 15) is 45.9 Å². The minimum Gasteiger partial charge on any atom is -0.480 e. The van der Waals surface area contributed by atoms with Gasteiger partial charge in [-0.25, -0.2) is 31.4 Å². The van der Waals surface area contributed by atoms with Crippen molar-refractivity contribution in [3.63, 3.8) is 0 Å². The molecule has 0 radical (unpaired) electrons. The molecule has 0 saturated heterocycles. The lowest BCUT2D eigenvalue weighted by Crippen LogP contribution is -2.48. The first kappa shape index (κ1) is 60.5. The van der Waals surface area contributed by atoms with Gasteiger partial charge in [-0.05, 0) is 92.9 Å². The van der Waals surface area contributed by atoms with Gasteiger partial charge in [0.2, 0.25) is 15.9 Å². The molecule has 9 N–H and O–H groups in total. The van der Waals surface area contributed by atoms with E-state index in [-0.39, 0.29) is 34.1 Å². The van der Waals surface area contributed by atoms with E-state index in [1.165, 1.54) is 36.4 Å². The molecule has 0 spiro atoms. The van der Waals surface area contributed by atoms with Crippen LogP contribution in [-0.4, -0.2) is 175 Å². The number of sulfonamides is 1. The molecule has 0 aliphatic carbocycles. The molecule has 3 aromatic carbocycles. The van der Waals surface area contributed by atoms with Crippen LogP contribution < -0.4 is 31.3 Å². The van der Waals surface area contributed by atoms with Crippen LogP contribution in [0.3, 0.4) is 0 Å². The normalized spacial score (nSPS) is 12.2. The minimum absolute atomic E-state index is 0.0211. The second-order valence-electron chi connectivity index (χ2n) is 16.5. The van der Waals surface area contributed by atoms with Crippen LogP contribution in [0, 0.1) is 0 Å². The van der Waals surface area contributed by atoms with E-state index < -0.39 is 62.4 Å². The molecule has 25 nitrogen and oxygen atoms in total. The molecule has 410 valence electrons. The molecule has 0 fully saturated rings. The van der Waals surface area contributed by atoms with Crippen molar-refractivity contribution in [2.24, 2.45) is 0 Å². The lowest BCUT2D eigenvalue weighted by molar-refractivity contribution is -0.140. The van der Waals surface area contributed by atoms with Gasteiger partial charge in [0.15, 0.2) is 15.8 Å². The number of sulfone groups is 1. The minimum atomic E-state index is -4.27. The number of aryl methyl sites for hydroxylation is 1. The number of carboxylic acids is 2. The molecular formula is C48H66N10O15S2. The van der Waals surface area contributed by atoms with Gasteiger partial charge in [-0.2, -0.15) is 9.82 Å². The zero-order valence-corrected chi connectivity index (χ0v) is 43.5. The lowest BCUT2D eigenvalue weighted by Gasteiger charge is -2.16. The van der Waals surface area contributed by atoms with Gasteiger partial charge in [-0.15, -0.1) is 0 Å². The molecule has 0 aliphatic rings. The van der Waals surface area contributed by atoms with Crippen LogP contribution in [0.25, 0.3) is 22.0 Å². The highest BCUT2D eigenvalue weighted by atomic mass is 32.2. The van der Waals surface area contributed by atoms with E-state index in [1.54, 1.807) is 48.9 Å². The molecule has 2 unspecified atom stereocenters. The monoisotopic (exact) mass is 1090 g/mol. The number of carbonyl (C=O) groups excluding carboxylic acids is 3. The zero-order chi connectivity index (χ0) is 54.6. The van der Waals surface area contributed by atoms with Gasteiger partial charge in [-0.1, -0.05) is 24.3 Å². The lowest BCUT2D eigenvalue weighted by atomic mass is 10.1. The summed E-state index contributed by atoms with van der Waals surface area (Å²) in [5.41, 5.74) is 2.38. The zero-order valence-electron chi connectivity index (χ0n) is 41.9. The van der Waals surface area contributed by atoms with Gasteiger partial charge < -0.3 is 60.7 Å². The Morgan fingerprint density at radius 1 is 0.747 bits per heavy atom. The van der Waals surface area contributed by atoms with Gasteiger partial charge in [0, 0.05) is 75.4 Å². The number of hydrogen-bond donors (Lipinski definition) is 9. The van der Waals surface area contributed by atoms with Gasteiger partial charge in [0.05, 0.1) is 55.0 Å². The SMILES string of the molecule is CNCCCOCCOCCOCCCNC(=O)CCC(NC(=O)OC)C(=O)O.CS(=O)(=O)c1ccc(-c2ccc(S(=O)(=O)NC(CNC(=O)c3ccc4c(cnn4CCCNc4ncc[nH]4)c3)C(=O)O)cc2)cc1. The van der Waals surface area contributed by atoms with E-state index >= 15 is 0 Å². The van der Waals surface area contributed by atoms with Crippen molar-refractivity contribution in [3.05, 3.63) is 90.9 Å². The van der Waals surface area contributed by atoms with E-state index in [2.05, 4.69) is 51.1 Å². The van der Waals surface area contributed by atoms with Crippen molar-refractivity contribution in [3.8, 4) is 11.1 Å². The number of nitrogens with one attached hydrogen (secondary N) is 7. The third kappa shape index (κ3) is 21.8. The highest BCUT2D eigenvalue weighted by molar-refractivity contribution is 7.90. The summed E-state index contributed by atoms with van der Waals surface area (Å²) in [6, 6.07) is 14.0. The molecule has 2 aromatic heterocycles. The summed E-state index contributed by atoms with van der Waals surface area (Å²) in [6.45, 7) is 5.39. The number of benzene rings is 3. The summed E-state index contributed by atoms with van der Waals surface area (Å²) in [5.74, 6) is -2.87. The number of ether oxygens (including phenoxy) is 4. The largest absolute Gasteiger partial charge is 0.480 e. The summed E-state index contributed by atoms with van der Waals surface area (Å²) >= 11 is 0. The Labute approximate surface area is 434 Å². The number of H-pyrrole nitrogens is 1.